The Kier molecular flexibility index (Phi) is 3.95. The summed E-state index contributed by atoms with van der Waals surface area (Å²) in [4.78, 5) is 31.9. The summed E-state index contributed by atoms with van der Waals surface area (Å²) in [5, 5.41) is 13.9. The number of carbonyl (C=O) groups is 2. The molecule has 0 aliphatic carbocycles. The lowest BCUT2D eigenvalue weighted by molar-refractivity contribution is -0.380. The highest BCUT2D eigenvalue weighted by Gasteiger charge is 2.15. The minimum Gasteiger partial charge on any atom is -0.468 e. The maximum absolute atomic E-state index is 11.4. The molecule has 0 aromatic carbocycles. The molecule has 0 radical (unpaired) electrons. The van der Waals surface area contributed by atoms with E-state index in [1.165, 1.54) is 12.5 Å². The molecule has 16 heavy (non-hydrogen) atoms. The summed E-state index contributed by atoms with van der Waals surface area (Å²) in [6.45, 7) is -0.265. The first-order valence-electron chi connectivity index (χ1n) is 4.12. The van der Waals surface area contributed by atoms with E-state index in [1.54, 1.807) is 0 Å². The second-order valence-electron chi connectivity index (χ2n) is 2.69. The maximum Gasteiger partial charge on any atom is 0.325 e. The molecule has 0 spiro atoms. The van der Waals surface area contributed by atoms with Crippen LogP contribution in [0.5, 0.6) is 0 Å². The van der Waals surface area contributed by atoms with Gasteiger partial charge in [-0.1, -0.05) is 11.3 Å². The number of ether oxygens (including phenoxy) is 1. The molecule has 1 heterocycles. The molecule has 7 nitrogen and oxygen atoms in total. The van der Waals surface area contributed by atoms with Gasteiger partial charge in [-0.2, -0.15) is 0 Å². The van der Waals surface area contributed by atoms with Crippen LogP contribution in [-0.4, -0.2) is 30.5 Å². The molecule has 1 N–H and O–H groups in total. The number of nitrogens with one attached hydrogen (secondary N) is 1. The molecule has 0 saturated heterocycles. The molecule has 1 aromatic heterocycles. The Labute approximate surface area is 94.2 Å². The molecule has 0 fully saturated rings. The highest BCUT2D eigenvalue weighted by atomic mass is 32.1. The van der Waals surface area contributed by atoms with Crippen LogP contribution in [-0.2, 0) is 9.53 Å². The van der Waals surface area contributed by atoms with E-state index < -0.39 is 16.8 Å². The smallest absolute Gasteiger partial charge is 0.325 e. The summed E-state index contributed by atoms with van der Waals surface area (Å²) in [6, 6.07) is 1.15. The highest BCUT2D eigenvalue weighted by molar-refractivity contribution is 7.13. The summed E-state index contributed by atoms with van der Waals surface area (Å²) < 4.78 is 4.32. The van der Waals surface area contributed by atoms with Gasteiger partial charge in [0.15, 0.2) is 0 Å². The molecule has 0 bridgehead atoms. The third-order valence-corrected chi connectivity index (χ3v) is 2.53. The minimum atomic E-state index is -0.585. The van der Waals surface area contributed by atoms with Gasteiger partial charge in [-0.05, 0) is 0 Å². The third-order valence-electron chi connectivity index (χ3n) is 1.65. The Morgan fingerprint density at radius 3 is 2.81 bits per heavy atom. The average Bonchev–Trinajstić information content (AvgIpc) is 2.74. The molecule has 8 heteroatoms. The first kappa shape index (κ1) is 12.1. The number of methoxy groups -OCH3 is 1. The number of hydrogen-bond acceptors (Lipinski definition) is 6. The largest absolute Gasteiger partial charge is 0.468 e. The summed E-state index contributed by atoms with van der Waals surface area (Å²) in [5.74, 6) is -1.13. The second kappa shape index (κ2) is 5.21. The Morgan fingerprint density at radius 2 is 2.31 bits per heavy atom. The number of rotatable bonds is 4. The van der Waals surface area contributed by atoms with E-state index in [9.17, 15) is 19.7 Å². The van der Waals surface area contributed by atoms with Crippen LogP contribution in [0.2, 0.25) is 0 Å². The topological polar surface area (TPSA) is 98.5 Å². The van der Waals surface area contributed by atoms with Crippen LogP contribution < -0.4 is 5.32 Å². The summed E-state index contributed by atoms with van der Waals surface area (Å²) in [5.41, 5.74) is 0.153. The molecular weight excluding hydrogens is 236 g/mol. The number of nitrogens with zero attached hydrogens (tertiary/aromatic N) is 1. The van der Waals surface area contributed by atoms with Crippen LogP contribution >= 0.6 is 11.3 Å². The molecule has 86 valence electrons. The SMILES string of the molecule is COC(=O)CNC(=O)c1csc([N+](=O)[O-])c1. The van der Waals surface area contributed by atoms with Gasteiger partial charge in [0.25, 0.3) is 5.91 Å². The van der Waals surface area contributed by atoms with E-state index in [0.717, 1.165) is 17.4 Å². The van der Waals surface area contributed by atoms with Gasteiger partial charge in [-0.3, -0.25) is 19.7 Å². The number of esters is 1. The Hall–Kier alpha value is -1.96. The van der Waals surface area contributed by atoms with Gasteiger partial charge < -0.3 is 10.1 Å². The third kappa shape index (κ3) is 3.02. The quantitative estimate of drug-likeness (QED) is 0.474. The van der Waals surface area contributed by atoms with Crippen LogP contribution in [0.1, 0.15) is 10.4 Å². The number of thiophene rings is 1. The Morgan fingerprint density at radius 1 is 1.62 bits per heavy atom. The van der Waals surface area contributed by atoms with E-state index >= 15 is 0 Å². The fourth-order valence-corrected chi connectivity index (χ4v) is 1.57. The van der Waals surface area contributed by atoms with Crippen LogP contribution in [0.15, 0.2) is 11.4 Å². The van der Waals surface area contributed by atoms with E-state index in [1.807, 2.05) is 0 Å². The Bertz CT molecular complexity index is 428. The fourth-order valence-electron chi connectivity index (χ4n) is 0.866. The zero-order chi connectivity index (χ0) is 12.1. The van der Waals surface area contributed by atoms with Crippen molar-refractivity contribution in [2.75, 3.05) is 13.7 Å². The van der Waals surface area contributed by atoms with Crippen molar-refractivity contribution in [3.63, 3.8) is 0 Å². The second-order valence-corrected chi connectivity index (χ2v) is 3.58. The predicted molar refractivity (Wildman–Crippen MR) is 55.3 cm³/mol. The van der Waals surface area contributed by atoms with Crippen molar-refractivity contribution in [2.24, 2.45) is 0 Å². The van der Waals surface area contributed by atoms with Gasteiger partial charge in [0.2, 0.25) is 0 Å². The fraction of sp³-hybridized carbons (Fsp3) is 0.250. The molecule has 1 amide bonds. The number of carbonyl (C=O) groups excluding carboxylic acids is 2. The molecule has 0 saturated carbocycles. The summed E-state index contributed by atoms with van der Waals surface area (Å²) >= 11 is 0.850. The lowest BCUT2D eigenvalue weighted by Gasteiger charge is -2.00. The first-order chi connectivity index (χ1) is 7.54. The van der Waals surface area contributed by atoms with Gasteiger partial charge >= 0.3 is 11.0 Å². The van der Waals surface area contributed by atoms with Crippen LogP contribution in [0, 0.1) is 10.1 Å². The van der Waals surface area contributed by atoms with E-state index in [2.05, 4.69) is 10.1 Å². The van der Waals surface area contributed by atoms with Crippen LogP contribution in [0.3, 0.4) is 0 Å². The van der Waals surface area contributed by atoms with Gasteiger partial charge in [-0.25, -0.2) is 0 Å². The summed E-state index contributed by atoms with van der Waals surface area (Å²) in [7, 11) is 1.20. The highest BCUT2D eigenvalue weighted by Crippen LogP contribution is 2.22. The standard InChI is InChI=1S/C8H8N2O5S/c1-15-7(11)3-9-8(12)5-2-6(10(13)14)16-4-5/h2,4H,3H2,1H3,(H,9,12). The number of amides is 1. The van der Waals surface area contributed by atoms with Crippen molar-refractivity contribution >= 4 is 28.2 Å². The van der Waals surface area contributed by atoms with E-state index in [0.29, 0.717) is 0 Å². The minimum absolute atomic E-state index is 0.122. The molecule has 1 rings (SSSR count). The molecular formula is C8H8N2O5S. The summed E-state index contributed by atoms with van der Waals surface area (Å²) in [6.07, 6.45) is 0. The molecule has 0 aliphatic rings. The van der Waals surface area contributed by atoms with Crippen molar-refractivity contribution < 1.29 is 19.2 Å². The first-order valence-corrected chi connectivity index (χ1v) is 5.00. The van der Waals surface area contributed by atoms with Crippen molar-refractivity contribution in [2.45, 2.75) is 0 Å². The predicted octanol–water partition coefficient (Wildman–Crippen LogP) is 0.559. The monoisotopic (exact) mass is 244 g/mol. The van der Waals surface area contributed by atoms with Crippen molar-refractivity contribution in [3.8, 4) is 0 Å². The lowest BCUT2D eigenvalue weighted by atomic mass is 10.3. The van der Waals surface area contributed by atoms with E-state index in [4.69, 9.17) is 0 Å². The number of nitro groups is 1. The molecule has 0 aliphatic heterocycles. The van der Waals surface area contributed by atoms with Crippen molar-refractivity contribution in [1.82, 2.24) is 5.32 Å². The normalized spacial score (nSPS) is 9.56. The molecule has 1 aromatic rings. The van der Waals surface area contributed by atoms with E-state index in [-0.39, 0.29) is 17.1 Å². The lowest BCUT2D eigenvalue weighted by Crippen LogP contribution is -2.29. The molecule has 0 atom stereocenters. The van der Waals surface area contributed by atoms with Gasteiger partial charge in [-0.15, -0.1) is 0 Å². The van der Waals surface area contributed by atoms with Gasteiger partial charge in [0.05, 0.1) is 17.6 Å². The average molecular weight is 244 g/mol. The zero-order valence-electron chi connectivity index (χ0n) is 8.26. The van der Waals surface area contributed by atoms with Crippen LogP contribution in [0.25, 0.3) is 0 Å². The van der Waals surface area contributed by atoms with Crippen molar-refractivity contribution in [3.05, 3.63) is 27.1 Å². The van der Waals surface area contributed by atoms with Crippen LogP contribution in [0.4, 0.5) is 5.00 Å². The van der Waals surface area contributed by atoms with Crippen molar-refractivity contribution in [1.29, 1.82) is 0 Å². The molecule has 0 unspecified atom stereocenters. The maximum atomic E-state index is 11.4. The van der Waals surface area contributed by atoms with Gasteiger partial charge in [0, 0.05) is 11.4 Å². The zero-order valence-corrected chi connectivity index (χ0v) is 9.08. The number of hydrogen-bond donors (Lipinski definition) is 1. The van der Waals surface area contributed by atoms with Gasteiger partial charge in [0.1, 0.15) is 6.54 Å². The Balaban J connectivity index is 2.59.